The second kappa shape index (κ2) is 17.0. The third-order valence-electron chi connectivity index (χ3n) is 12.7. The van der Waals surface area contributed by atoms with Crippen LogP contribution in [0.2, 0.25) is 0 Å². The average Bonchev–Trinajstić information content (AvgIpc) is 3.26. The molecule has 324 valence electrons. The SMILES string of the molecule is CC(C)(C)c1ccc(N(c2ccc(C(C)(C)C)cc2)c2cc(C(C)(C)C)cc(N(c3ccc(C(C)(C)C)cc3)c3ccc4ccccc4c3)c2-c2cccc(-c3ccccc3)c2)cc1. The van der Waals surface area contributed by atoms with Gasteiger partial charge in [0.1, 0.15) is 0 Å². The van der Waals surface area contributed by atoms with Crippen LogP contribution < -0.4 is 9.80 Å². The van der Waals surface area contributed by atoms with Gasteiger partial charge in [-0.2, -0.15) is 0 Å². The summed E-state index contributed by atoms with van der Waals surface area (Å²) in [4.78, 5) is 5.01. The molecular formula is C62H66N2. The van der Waals surface area contributed by atoms with Crippen LogP contribution in [0.1, 0.15) is 105 Å². The first-order valence-corrected chi connectivity index (χ1v) is 23.0. The predicted molar refractivity (Wildman–Crippen MR) is 279 cm³/mol. The Hall–Kier alpha value is -6.38. The third-order valence-corrected chi connectivity index (χ3v) is 12.7. The Bertz CT molecular complexity index is 2820. The van der Waals surface area contributed by atoms with Crippen LogP contribution in [0.15, 0.2) is 182 Å². The highest BCUT2D eigenvalue weighted by molar-refractivity contribution is 6.01. The minimum absolute atomic E-state index is 0.0141. The quantitative estimate of drug-likeness (QED) is 0.150. The van der Waals surface area contributed by atoms with Gasteiger partial charge in [0, 0.05) is 28.3 Å². The molecule has 0 unspecified atom stereocenters. The van der Waals surface area contributed by atoms with E-state index < -0.39 is 0 Å². The van der Waals surface area contributed by atoms with E-state index >= 15 is 0 Å². The Morgan fingerprint density at radius 3 is 1.09 bits per heavy atom. The zero-order chi connectivity index (χ0) is 45.6. The van der Waals surface area contributed by atoms with Crippen LogP contribution in [-0.2, 0) is 21.7 Å². The Kier molecular flexibility index (Phi) is 11.7. The van der Waals surface area contributed by atoms with Gasteiger partial charge in [-0.15, -0.1) is 0 Å². The van der Waals surface area contributed by atoms with Gasteiger partial charge in [0.05, 0.1) is 11.4 Å². The Balaban J connectivity index is 1.52. The maximum Gasteiger partial charge on any atom is 0.0564 e. The number of nitrogens with zero attached hydrogens (tertiary/aromatic N) is 2. The number of anilines is 6. The summed E-state index contributed by atoms with van der Waals surface area (Å²) < 4.78 is 0. The van der Waals surface area contributed by atoms with E-state index in [0.717, 1.165) is 45.3 Å². The van der Waals surface area contributed by atoms with Crippen molar-refractivity contribution in [2.24, 2.45) is 0 Å². The van der Waals surface area contributed by atoms with E-state index in [1.165, 1.54) is 44.2 Å². The predicted octanol–water partition coefficient (Wildman–Crippen LogP) is 18.3. The molecule has 0 saturated heterocycles. The Labute approximate surface area is 384 Å². The highest BCUT2D eigenvalue weighted by atomic mass is 15.2. The molecule has 8 aromatic carbocycles. The highest BCUT2D eigenvalue weighted by Crippen LogP contribution is 2.52. The van der Waals surface area contributed by atoms with Gasteiger partial charge in [-0.05, 0) is 138 Å². The second-order valence-corrected chi connectivity index (χ2v) is 21.7. The van der Waals surface area contributed by atoms with Crippen molar-refractivity contribution < 1.29 is 0 Å². The molecule has 0 aliphatic rings. The van der Waals surface area contributed by atoms with E-state index in [1.54, 1.807) is 0 Å². The molecule has 0 aromatic heterocycles. The van der Waals surface area contributed by atoms with E-state index in [9.17, 15) is 0 Å². The Morgan fingerprint density at radius 2 is 0.641 bits per heavy atom. The zero-order valence-corrected chi connectivity index (χ0v) is 40.2. The van der Waals surface area contributed by atoms with Crippen molar-refractivity contribution in [1.82, 2.24) is 0 Å². The van der Waals surface area contributed by atoms with Crippen molar-refractivity contribution in [3.63, 3.8) is 0 Å². The number of hydrogen-bond acceptors (Lipinski definition) is 2. The monoisotopic (exact) mass is 839 g/mol. The first-order valence-electron chi connectivity index (χ1n) is 23.0. The molecule has 64 heavy (non-hydrogen) atoms. The molecular weight excluding hydrogens is 773 g/mol. The number of fused-ring (bicyclic) bond motifs is 1. The standard InChI is InChI=1S/C62H66N2/c1-59(2,3)48-26-33-52(34-27-48)63(53-35-28-49(29-36-53)60(4,5)6)56-41-51(62(10,11)12)42-57(58(56)47-24-18-23-45(39-47)43-19-14-13-15-20-43)64(54-37-30-50(31-38-54)61(7,8)9)55-32-25-44-21-16-17-22-46(44)40-55/h13-42H,1-12H3. The molecule has 2 nitrogen and oxygen atoms in total. The lowest BCUT2D eigenvalue weighted by Crippen LogP contribution is -2.20. The summed E-state index contributed by atoms with van der Waals surface area (Å²) in [5.74, 6) is 0. The summed E-state index contributed by atoms with van der Waals surface area (Å²) in [5.41, 5.74) is 16.4. The highest BCUT2D eigenvalue weighted by Gasteiger charge is 2.30. The van der Waals surface area contributed by atoms with Crippen LogP contribution in [0.25, 0.3) is 33.0 Å². The lowest BCUT2D eigenvalue weighted by molar-refractivity contribution is 0.589. The van der Waals surface area contributed by atoms with E-state index in [2.05, 4.69) is 275 Å². The normalized spacial score (nSPS) is 12.4. The molecule has 0 N–H and O–H groups in total. The second-order valence-electron chi connectivity index (χ2n) is 21.7. The van der Waals surface area contributed by atoms with Crippen molar-refractivity contribution in [2.75, 3.05) is 9.80 Å². The maximum atomic E-state index is 2.51. The smallest absolute Gasteiger partial charge is 0.0564 e. The summed E-state index contributed by atoms with van der Waals surface area (Å²) >= 11 is 0. The van der Waals surface area contributed by atoms with Crippen molar-refractivity contribution in [2.45, 2.75) is 105 Å². The molecule has 8 rings (SSSR count). The fourth-order valence-corrected chi connectivity index (χ4v) is 8.68. The van der Waals surface area contributed by atoms with Gasteiger partial charge < -0.3 is 9.80 Å². The molecule has 0 heterocycles. The first-order chi connectivity index (χ1) is 30.3. The molecule has 0 bridgehead atoms. The van der Waals surface area contributed by atoms with Gasteiger partial charge in [0.15, 0.2) is 0 Å². The van der Waals surface area contributed by atoms with Crippen molar-refractivity contribution in [3.05, 3.63) is 204 Å². The zero-order valence-electron chi connectivity index (χ0n) is 40.2. The summed E-state index contributed by atoms with van der Waals surface area (Å²) in [5, 5.41) is 2.42. The molecule has 8 aromatic rings. The number of benzene rings is 8. The van der Waals surface area contributed by atoms with Crippen molar-refractivity contribution >= 4 is 44.9 Å². The van der Waals surface area contributed by atoms with Gasteiger partial charge in [0.2, 0.25) is 0 Å². The fraction of sp³-hybridized carbons (Fsp3) is 0.258. The molecule has 0 aliphatic heterocycles. The minimum atomic E-state index is -0.184. The van der Waals surface area contributed by atoms with Crippen molar-refractivity contribution in [3.8, 4) is 22.3 Å². The van der Waals surface area contributed by atoms with Crippen LogP contribution in [0.4, 0.5) is 34.1 Å². The lowest BCUT2D eigenvalue weighted by Gasteiger charge is -2.36. The van der Waals surface area contributed by atoms with Crippen molar-refractivity contribution in [1.29, 1.82) is 0 Å². The van der Waals surface area contributed by atoms with Crippen LogP contribution in [-0.4, -0.2) is 0 Å². The fourth-order valence-electron chi connectivity index (χ4n) is 8.68. The van der Waals surface area contributed by atoms with Crippen LogP contribution in [0.3, 0.4) is 0 Å². The molecule has 0 radical (unpaired) electrons. The molecule has 0 fully saturated rings. The topological polar surface area (TPSA) is 6.48 Å². The molecule has 2 heteroatoms. The number of hydrogen-bond donors (Lipinski definition) is 0. The van der Waals surface area contributed by atoms with Crippen LogP contribution in [0, 0.1) is 0 Å². The summed E-state index contributed by atoms with van der Waals surface area (Å²) in [6, 6.07) is 68.2. The molecule has 0 spiro atoms. The third kappa shape index (κ3) is 9.29. The maximum absolute atomic E-state index is 2.51. The van der Waals surface area contributed by atoms with Gasteiger partial charge in [-0.1, -0.05) is 198 Å². The largest absolute Gasteiger partial charge is 0.310 e. The Morgan fingerprint density at radius 1 is 0.266 bits per heavy atom. The van der Waals surface area contributed by atoms with Crippen LogP contribution >= 0.6 is 0 Å². The summed E-state index contributed by atoms with van der Waals surface area (Å²) in [6.07, 6.45) is 0. The van der Waals surface area contributed by atoms with Gasteiger partial charge in [0.25, 0.3) is 0 Å². The molecule has 0 aliphatic carbocycles. The van der Waals surface area contributed by atoms with Gasteiger partial charge in [-0.25, -0.2) is 0 Å². The lowest BCUT2D eigenvalue weighted by atomic mass is 9.83. The van der Waals surface area contributed by atoms with E-state index in [1.807, 2.05) is 0 Å². The minimum Gasteiger partial charge on any atom is -0.310 e. The average molecular weight is 839 g/mol. The summed E-state index contributed by atoms with van der Waals surface area (Å²) in [6.45, 7) is 27.6. The van der Waals surface area contributed by atoms with E-state index in [4.69, 9.17) is 0 Å². The van der Waals surface area contributed by atoms with E-state index in [0.29, 0.717) is 0 Å². The van der Waals surface area contributed by atoms with Gasteiger partial charge >= 0.3 is 0 Å². The van der Waals surface area contributed by atoms with Crippen LogP contribution in [0.5, 0.6) is 0 Å². The number of rotatable bonds is 8. The molecule has 0 saturated carbocycles. The van der Waals surface area contributed by atoms with Gasteiger partial charge in [-0.3, -0.25) is 0 Å². The molecule has 0 atom stereocenters. The molecule has 0 amide bonds. The van der Waals surface area contributed by atoms with E-state index in [-0.39, 0.29) is 21.7 Å². The first kappa shape index (κ1) is 44.2. The summed E-state index contributed by atoms with van der Waals surface area (Å²) in [7, 11) is 0.